The molecule has 0 atom stereocenters. The molecular formula is C18H16N4O4. The van der Waals surface area contributed by atoms with Crippen molar-refractivity contribution in [1.82, 2.24) is 18.7 Å². The molecule has 26 heavy (non-hydrogen) atoms. The molecule has 8 nitrogen and oxygen atoms in total. The van der Waals surface area contributed by atoms with E-state index in [1.165, 1.54) is 30.3 Å². The monoisotopic (exact) mass is 352 g/mol. The van der Waals surface area contributed by atoms with E-state index in [1.54, 1.807) is 0 Å². The van der Waals surface area contributed by atoms with Crippen LogP contribution in [0.5, 0.6) is 0 Å². The number of aromatic nitrogens is 4. The minimum absolute atomic E-state index is 0.0614. The third-order valence-electron chi connectivity index (χ3n) is 4.61. The fraction of sp³-hybridized carbons (Fsp3) is 0.222. The first kappa shape index (κ1) is 16.1. The third-order valence-corrected chi connectivity index (χ3v) is 4.61. The van der Waals surface area contributed by atoms with Crippen LogP contribution in [0.15, 0.2) is 43.1 Å². The van der Waals surface area contributed by atoms with E-state index in [2.05, 4.69) is 4.98 Å². The molecule has 8 heteroatoms. The quantitative estimate of drug-likeness (QED) is 0.511. The normalized spacial score (nSPS) is 11.5. The number of fused-ring (bicyclic) bond motifs is 3. The van der Waals surface area contributed by atoms with Gasteiger partial charge in [0.05, 0.1) is 0 Å². The molecule has 4 aromatic rings. The second-order valence-corrected chi connectivity index (χ2v) is 6.33. The Balaban J connectivity index is 2.23. The van der Waals surface area contributed by atoms with Crippen molar-refractivity contribution in [2.75, 3.05) is 0 Å². The summed E-state index contributed by atoms with van der Waals surface area (Å²) in [4.78, 5) is 42.0. The maximum atomic E-state index is 12.7. The highest BCUT2D eigenvalue weighted by atomic mass is 16.3. The van der Waals surface area contributed by atoms with E-state index < -0.39 is 16.8 Å². The fourth-order valence-corrected chi connectivity index (χ4v) is 3.13. The van der Waals surface area contributed by atoms with Crippen LogP contribution in [0.3, 0.4) is 0 Å². The third kappa shape index (κ3) is 2.01. The van der Waals surface area contributed by atoms with Gasteiger partial charge in [-0.15, -0.1) is 0 Å². The molecule has 0 N–H and O–H groups in total. The number of hydrogen-bond acceptors (Lipinski definition) is 5. The van der Waals surface area contributed by atoms with Crippen molar-refractivity contribution in [1.29, 1.82) is 0 Å². The summed E-state index contributed by atoms with van der Waals surface area (Å²) in [7, 11) is 4.40. The Labute approximate surface area is 146 Å². The standard InChI is InChI=1S/C18H16N4O4/c1-9-5-7-10(8-6-9)14-19-12-13(26-14)11-15(20(2)17(12)24)21(3)18(25)22(4)16(11)23/h5-8H,1-4H3. The van der Waals surface area contributed by atoms with Gasteiger partial charge in [0.1, 0.15) is 11.0 Å². The highest BCUT2D eigenvalue weighted by Crippen LogP contribution is 2.26. The Morgan fingerprint density at radius 1 is 0.885 bits per heavy atom. The number of aryl methyl sites for hydroxylation is 3. The van der Waals surface area contributed by atoms with E-state index in [0.29, 0.717) is 5.56 Å². The molecule has 0 amide bonds. The summed E-state index contributed by atoms with van der Waals surface area (Å²) >= 11 is 0. The summed E-state index contributed by atoms with van der Waals surface area (Å²) in [5.41, 5.74) is 0.644. The second kappa shape index (κ2) is 5.29. The molecule has 3 aromatic heterocycles. The van der Waals surface area contributed by atoms with Crippen molar-refractivity contribution in [2.45, 2.75) is 6.92 Å². The molecule has 0 aliphatic carbocycles. The Morgan fingerprint density at radius 2 is 1.54 bits per heavy atom. The summed E-state index contributed by atoms with van der Waals surface area (Å²) in [5.74, 6) is 0.250. The van der Waals surface area contributed by atoms with E-state index in [1.807, 2.05) is 31.2 Å². The van der Waals surface area contributed by atoms with Gasteiger partial charge in [-0.3, -0.25) is 23.3 Å². The molecule has 1 aromatic carbocycles. The molecular weight excluding hydrogens is 336 g/mol. The van der Waals surface area contributed by atoms with Crippen LogP contribution in [0, 0.1) is 6.92 Å². The molecule has 0 saturated carbocycles. The van der Waals surface area contributed by atoms with Crippen molar-refractivity contribution in [3.05, 3.63) is 61.0 Å². The van der Waals surface area contributed by atoms with Crippen molar-refractivity contribution >= 4 is 22.1 Å². The zero-order valence-corrected chi connectivity index (χ0v) is 14.7. The minimum Gasteiger partial charge on any atom is -0.435 e. The van der Waals surface area contributed by atoms with Crippen LogP contribution in [0.2, 0.25) is 0 Å². The summed E-state index contributed by atoms with van der Waals surface area (Å²) in [6.07, 6.45) is 0. The maximum Gasteiger partial charge on any atom is 0.332 e. The van der Waals surface area contributed by atoms with Gasteiger partial charge < -0.3 is 4.42 Å². The number of nitrogens with zero attached hydrogens (tertiary/aromatic N) is 4. The van der Waals surface area contributed by atoms with Crippen molar-refractivity contribution < 1.29 is 4.42 Å². The number of pyridine rings is 1. The smallest absolute Gasteiger partial charge is 0.332 e. The van der Waals surface area contributed by atoms with Crippen molar-refractivity contribution in [3.63, 3.8) is 0 Å². The molecule has 4 rings (SSSR count). The average Bonchev–Trinajstić information content (AvgIpc) is 3.07. The Morgan fingerprint density at radius 3 is 2.19 bits per heavy atom. The Kier molecular flexibility index (Phi) is 3.27. The van der Waals surface area contributed by atoms with Crippen molar-refractivity contribution in [3.8, 4) is 11.5 Å². The van der Waals surface area contributed by atoms with Gasteiger partial charge in [0.2, 0.25) is 5.89 Å². The van der Waals surface area contributed by atoms with E-state index in [0.717, 1.165) is 10.1 Å². The highest BCUT2D eigenvalue weighted by molar-refractivity contribution is 5.99. The SMILES string of the molecule is Cc1ccc(-c2nc3c(=O)n(C)c4c(c(=O)n(C)c(=O)n4C)c3o2)cc1. The molecule has 0 unspecified atom stereocenters. The van der Waals surface area contributed by atoms with E-state index in [9.17, 15) is 14.4 Å². The summed E-state index contributed by atoms with van der Waals surface area (Å²) in [5, 5.41) is 0.151. The molecule has 0 spiro atoms. The zero-order chi connectivity index (χ0) is 18.7. The predicted octanol–water partition coefficient (Wildman–Crippen LogP) is 1.05. The molecule has 0 bridgehead atoms. The number of benzene rings is 1. The fourth-order valence-electron chi connectivity index (χ4n) is 3.13. The van der Waals surface area contributed by atoms with Gasteiger partial charge in [0.15, 0.2) is 11.1 Å². The largest absolute Gasteiger partial charge is 0.435 e. The first-order valence-corrected chi connectivity index (χ1v) is 7.97. The molecule has 0 fully saturated rings. The van der Waals surface area contributed by atoms with Crippen molar-refractivity contribution in [2.24, 2.45) is 21.1 Å². The number of oxazole rings is 1. The van der Waals surface area contributed by atoms with E-state index in [-0.39, 0.29) is 28.0 Å². The molecule has 132 valence electrons. The Bertz CT molecular complexity index is 1370. The highest BCUT2D eigenvalue weighted by Gasteiger charge is 2.22. The zero-order valence-electron chi connectivity index (χ0n) is 14.7. The van der Waals surface area contributed by atoms with Crippen LogP contribution in [-0.4, -0.2) is 18.7 Å². The summed E-state index contributed by atoms with van der Waals surface area (Å²) in [6.45, 7) is 1.96. The van der Waals surface area contributed by atoms with Gasteiger partial charge >= 0.3 is 5.69 Å². The summed E-state index contributed by atoms with van der Waals surface area (Å²) in [6, 6.07) is 7.48. The van der Waals surface area contributed by atoms with Gasteiger partial charge in [-0.05, 0) is 19.1 Å². The lowest BCUT2D eigenvalue weighted by atomic mass is 10.1. The predicted molar refractivity (Wildman–Crippen MR) is 97.4 cm³/mol. The topological polar surface area (TPSA) is 92.0 Å². The first-order chi connectivity index (χ1) is 12.3. The molecule has 0 saturated heterocycles. The lowest BCUT2D eigenvalue weighted by Crippen LogP contribution is -2.39. The molecule has 0 aliphatic rings. The van der Waals surface area contributed by atoms with Gasteiger partial charge in [-0.1, -0.05) is 17.7 Å². The Hall–Kier alpha value is -3.42. The first-order valence-electron chi connectivity index (χ1n) is 7.97. The van der Waals surface area contributed by atoms with Gasteiger partial charge in [0.25, 0.3) is 11.1 Å². The second-order valence-electron chi connectivity index (χ2n) is 6.33. The molecule has 0 aliphatic heterocycles. The number of hydrogen-bond donors (Lipinski definition) is 0. The average molecular weight is 352 g/mol. The molecule has 0 radical (unpaired) electrons. The van der Waals surface area contributed by atoms with Crippen LogP contribution in [0.25, 0.3) is 33.6 Å². The van der Waals surface area contributed by atoms with Crippen LogP contribution in [0.4, 0.5) is 0 Å². The lowest BCUT2D eigenvalue weighted by Gasteiger charge is -2.10. The van der Waals surface area contributed by atoms with Gasteiger partial charge in [-0.25, -0.2) is 9.78 Å². The minimum atomic E-state index is -0.532. The van der Waals surface area contributed by atoms with E-state index in [4.69, 9.17) is 4.42 Å². The van der Waals surface area contributed by atoms with Gasteiger partial charge in [0, 0.05) is 26.7 Å². The lowest BCUT2D eigenvalue weighted by molar-refractivity contribution is 0.619. The van der Waals surface area contributed by atoms with Crippen LogP contribution < -0.4 is 16.8 Å². The number of rotatable bonds is 1. The van der Waals surface area contributed by atoms with E-state index >= 15 is 0 Å². The van der Waals surface area contributed by atoms with Gasteiger partial charge in [-0.2, -0.15) is 0 Å². The van der Waals surface area contributed by atoms with Crippen LogP contribution in [0.1, 0.15) is 5.56 Å². The van der Waals surface area contributed by atoms with Crippen LogP contribution >= 0.6 is 0 Å². The summed E-state index contributed by atoms with van der Waals surface area (Å²) < 4.78 is 9.31. The molecule has 3 heterocycles. The van der Waals surface area contributed by atoms with Crippen LogP contribution in [-0.2, 0) is 21.1 Å². The maximum absolute atomic E-state index is 12.7.